The molecule has 4 nitrogen and oxygen atoms in total. The van der Waals surface area contributed by atoms with Crippen LogP contribution in [0, 0.1) is 0 Å². The first kappa shape index (κ1) is 23.4. The number of benzene rings is 2. The molecular formula is C21H16Cl2F3N3OS. The highest BCUT2D eigenvalue weighted by atomic mass is 35.5. The number of thioether (sulfide) groups is 1. The van der Waals surface area contributed by atoms with Crippen molar-refractivity contribution in [2.24, 2.45) is 0 Å². The Morgan fingerprint density at radius 3 is 2.42 bits per heavy atom. The minimum absolute atomic E-state index is 0.133. The molecule has 1 aromatic heterocycles. The molecule has 1 heterocycles. The first-order valence-electron chi connectivity index (χ1n) is 9.03. The Kier molecular flexibility index (Phi) is 7.46. The molecule has 0 fully saturated rings. The highest BCUT2D eigenvalue weighted by Gasteiger charge is 2.34. The maximum Gasteiger partial charge on any atom is 0.433 e. The summed E-state index contributed by atoms with van der Waals surface area (Å²) in [5, 5.41) is 2.62. The van der Waals surface area contributed by atoms with Gasteiger partial charge in [-0.05, 0) is 30.7 Å². The van der Waals surface area contributed by atoms with Gasteiger partial charge < -0.3 is 5.32 Å². The van der Waals surface area contributed by atoms with Crippen molar-refractivity contribution in [2.75, 3.05) is 0 Å². The van der Waals surface area contributed by atoms with Crippen LogP contribution in [0.4, 0.5) is 13.2 Å². The van der Waals surface area contributed by atoms with Crippen molar-refractivity contribution >= 4 is 40.9 Å². The van der Waals surface area contributed by atoms with Crippen LogP contribution in [-0.2, 0) is 17.5 Å². The number of nitrogens with zero attached hydrogens (tertiary/aromatic N) is 2. The minimum atomic E-state index is -4.64. The van der Waals surface area contributed by atoms with E-state index in [-0.39, 0.29) is 23.3 Å². The van der Waals surface area contributed by atoms with Crippen LogP contribution in [0.25, 0.3) is 11.3 Å². The molecule has 0 spiro atoms. The molecule has 1 N–H and O–H groups in total. The number of carbonyl (C=O) groups excluding carboxylic acids is 1. The molecule has 0 unspecified atom stereocenters. The van der Waals surface area contributed by atoms with Crippen molar-refractivity contribution in [1.82, 2.24) is 15.3 Å². The van der Waals surface area contributed by atoms with Gasteiger partial charge in [0.15, 0.2) is 5.16 Å². The monoisotopic (exact) mass is 485 g/mol. The second-order valence-electron chi connectivity index (χ2n) is 6.51. The van der Waals surface area contributed by atoms with E-state index >= 15 is 0 Å². The van der Waals surface area contributed by atoms with Gasteiger partial charge in [-0.3, -0.25) is 4.79 Å². The average Bonchev–Trinajstić information content (AvgIpc) is 2.74. The van der Waals surface area contributed by atoms with E-state index in [0.29, 0.717) is 15.6 Å². The first-order chi connectivity index (χ1) is 14.6. The summed E-state index contributed by atoms with van der Waals surface area (Å²) in [6, 6.07) is 14.3. The molecule has 162 valence electrons. The average molecular weight is 486 g/mol. The smallest absolute Gasteiger partial charge is 0.351 e. The van der Waals surface area contributed by atoms with Crippen LogP contribution in [-0.4, -0.2) is 21.1 Å². The molecule has 0 radical (unpaired) electrons. The van der Waals surface area contributed by atoms with Crippen LogP contribution in [0.15, 0.2) is 59.8 Å². The minimum Gasteiger partial charge on any atom is -0.351 e. The van der Waals surface area contributed by atoms with Crippen LogP contribution in [0.2, 0.25) is 10.0 Å². The van der Waals surface area contributed by atoms with Crippen molar-refractivity contribution in [3.05, 3.63) is 75.9 Å². The van der Waals surface area contributed by atoms with Crippen LogP contribution in [0.3, 0.4) is 0 Å². The van der Waals surface area contributed by atoms with E-state index in [9.17, 15) is 18.0 Å². The molecule has 0 aliphatic carbocycles. The molecule has 10 heteroatoms. The fourth-order valence-corrected chi connectivity index (χ4v) is 3.70. The summed E-state index contributed by atoms with van der Waals surface area (Å²) in [6.07, 6.45) is -4.64. The number of rotatable bonds is 6. The van der Waals surface area contributed by atoms with Gasteiger partial charge in [-0.1, -0.05) is 71.4 Å². The number of hydrogen-bond acceptors (Lipinski definition) is 4. The molecule has 1 atom stereocenters. The molecule has 3 aromatic rings. The summed E-state index contributed by atoms with van der Waals surface area (Å²) < 4.78 is 40.0. The molecule has 3 rings (SSSR count). The van der Waals surface area contributed by atoms with Gasteiger partial charge in [-0.2, -0.15) is 13.2 Å². The lowest BCUT2D eigenvalue weighted by molar-refractivity contribution is -0.141. The quantitative estimate of drug-likeness (QED) is 0.330. The van der Waals surface area contributed by atoms with E-state index in [1.54, 1.807) is 55.5 Å². The van der Waals surface area contributed by atoms with Gasteiger partial charge in [-0.25, -0.2) is 9.97 Å². The number of amides is 1. The first-order valence-corrected chi connectivity index (χ1v) is 10.7. The van der Waals surface area contributed by atoms with Crippen molar-refractivity contribution in [1.29, 1.82) is 0 Å². The highest BCUT2D eigenvalue weighted by molar-refractivity contribution is 8.00. The van der Waals surface area contributed by atoms with Crippen LogP contribution in [0.5, 0.6) is 0 Å². The van der Waals surface area contributed by atoms with E-state index in [0.717, 1.165) is 23.4 Å². The van der Waals surface area contributed by atoms with Crippen molar-refractivity contribution in [3.63, 3.8) is 0 Å². The van der Waals surface area contributed by atoms with Gasteiger partial charge in [0.1, 0.15) is 5.69 Å². The van der Waals surface area contributed by atoms with E-state index in [2.05, 4.69) is 15.3 Å². The molecule has 2 aromatic carbocycles. The lowest BCUT2D eigenvalue weighted by Crippen LogP contribution is -2.30. The number of halogens is 5. The standard InChI is InChI=1S/C21H16Cl2F3N3OS/c1-12(19(30)27-11-13-7-8-15(22)16(23)9-13)31-20-28-17(14-5-3-2-4-6-14)10-18(29-20)21(24,25)26/h2-10,12H,11H2,1H3,(H,27,30)/t12-/m1/s1. The zero-order valence-electron chi connectivity index (χ0n) is 16.1. The van der Waals surface area contributed by atoms with Gasteiger partial charge in [0, 0.05) is 12.1 Å². The highest BCUT2D eigenvalue weighted by Crippen LogP contribution is 2.33. The number of aromatic nitrogens is 2. The predicted octanol–water partition coefficient (Wildman–Crippen LogP) is 6.27. The Morgan fingerprint density at radius 1 is 1.06 bits per heavy atom. The third kappa shape index (κ3) is 6.35. The Hall–Kier alpha value is -2.29. The normalized spacial score (nSPS) is 12.5. The number of hydrogen-bond donors (Lipinski definition) is 1. The third-order valence-electron chi connectivity index (χ3n) is 4.17. The lowest BCUT2D eigenvalue weighted by atomic mass is 10.1. The van der Waals surface area contributed by atoms with Crippen molar-refractivity contribution in [2.45, 2.75) is 30.1 Å². The van der Waals surface area contributed by atoms with E-state index in [1.165, 1.54) is 0 Å². The zero-order valence-corrected chi connectivity index (χ0v) is 18.4. The summed E-state index contributed by atoms with van der Waals surface area (Å²) in [5.74, 6) is -0.377. The molecule has 0 aliphatic heterocycles. The third-order valence-corrected chi connectivity index (χ3v) is 5.87. The zero-order chi connectivity index (χ0) is 22.6. The summed E-state index contributed by atoms with van der Waals surface area (Å²) in [7, 11) is 0. The Morgan fingerprint density at radius 2 is 1.77 bits per heavy atom. The van der Waals surface area contributed by atoms with Crippen LogP contribution < -0.4 is 5.32 Å². The Bertz CT molecular complexity index is 1080. The molecular weight excluding hydrogens is 470 g/mol. The lowest BCUT2D eigenvalue weighted by Gasteiger charge is -2.14. The fourth-order valence-electron chi connectivity index (χ4n) is 2.57. The molecule has 1 amide bonds. The Labute approximate surface area is 191 Å². The van der Waals surface area contributed by atoms with Gasteiger partial charge >= 0.3 is 6.18 Å². The molecule has 0 saturated carbocycles. The van der Waals surface area contributed by atoms with Gasteiger partial charge in [0.05, 0.1) is 21.0 Å². The van der Waals surface area contributed by atoms with Gasteiger partial charge in [-0.15, -0.1) is 0 Å². The SMILES string of the molecule is C[C@@H](Sc1nc(-c2ccccc2)cc(C(F)(F)F)n1)C(=O)NCc1ccc(Cl)c(Cl)c1. The van der Waals surface area contributed by atoms with E-state index in [4.69, 9.17) is 23.2 Å². The second-order valence-corrected chi connectivity index (χ2v) is 8.63. The van der Waals surface area contributed by atoms with Crippen LogP contribution in [0.1, 0.15) is 18.2 Å². The predicted molar refractivity (Wildman–Crippen MR) is 116 cm³/mol. The number of carbonyl (C=O) groups is 1. The van der Waals surface area contributed by atoms with E-state index in [1.807, 2.05) is 0 Å². The molecule has 0 saturated heterocycles. The molecule has 31 heavy (non-hydrogen) atoms. The maximum atomic E-state index is 13.3. The second kappa shape index (κ2) is 9.89. The summed E-state index contributed by atoms with van der Waals surface area (Å²) in [4.78, 5) is 20.3. The Balaban J connectivity index is 1.75. The fraction of sp³-hybridized carbons (Fsp3) is 0.190. The van der Waals surface area contributed by atoms with Crippen molar-refractivity contribution < 1.29 is 18.0 Å². The van der Waals surface area contributed by atoms with E-state index < -0.39 is 17.1 Å². The van der Waals surface area contributed by atoms with Crippen LogP contribution >= 0.6 is 35.0 Å². The van der Waals surface area contributed by atoms with Gasteiger partial charge in [0.2, 0.25) is 5.91 Å². The van der Waals surface area contributed by atoms with Gasteiger partial charge in [0.25, 0.3) is 0 Å². The number of nitrogens with one attached hydrogen (secondary N) is 1. The topological polar surface area (TPSA) is 54.9 Å². The molecule has 0 aliphatic rings. The summed E-state index contributed by atoms with van der Waals surface area (Å²) >= 11 is 12.7. The summed E-state index contributed by atoms with van der Waals surface area (Å²) in [5.41, 5.74) is 0.330. The largest absolute Gasteiger partial charge is 0.433 e. The van der Waals surface area contributed by atoms with Crippen molar-refractivity contribution in [3.8, 4) is 11.3 Å². The molecule has 0 bridgehead atoms. The number of alkyl halides is 3. The summed E-state index contributed by atoms with van der Waals surface area (Å²) in [6.45, 7) is 1.76. The maximum absolute atomic E-state index is 13.3.